The summed E-state index contributed by atoms with van der Waals surface area (Å²) in [7, 11) is 0. The minimum Gasteiger partial charge on any atom is -0.342 e. The lowest BCUT2D eigenvalue weighted by molar-refractivity contribution is -0.129. The maximum absolute atomic E-state index is 11.4. The summed E-state index contributed by atoms with van der Waals surface area (Å²) in [6.45, 7) is 6.20. The minimum absolute atomic E-state index is 0.0922. The first-order valence-electron chi connectivity index (χ1n) is 5.74. The highest BCUT2D eigenvalue weighted by molar-refractivity contribution is 5.77. The van der Waals surface area contributed by atoms with Crippen LogP contribution >= 0.6 is 0 Å². The third-order valence-electron chi connectivity index (χ3n) is 2.34. The standard InChI is InChI=1S/C11H24N2O/c1-3-5-7-9-13(8-6-4-2)11(14)10-12/h3-10,12H2,1-2H3. The molecule has 14 heavy (non-hydrogen) atoms. The number of carbonyl (C=O) groups excluding carboxylic acids is 1. The zero-order valence-corrected chi connectivity index (χ0v) is 9.59. The molecule has 0 bridgehead atoms. The largest absolute Gasteiger partial charge is 0.342 e. The Labute approximate surface area is 87.6 Å². The maximum Gasteiger partial charge on any atom is 0.236 e. The second-order valence-electron chi connectivity index (χ2n) is 3.65. The number of nitrogens with zero attached hydrogens (tertiary/aromatic N) is 1. The molecule has 0 aromatic heterocycles. The third-order valence-corrected chi connectivity index (χ3v) is 2.34. The average Bonchev–Trinajstić information content (AvgIpc) is 2.22. The first kappa shape index (κ1) is 13.4. The Morgan fingerprint density at radius 2 is 1.64 bits per heavy atom. The van der Waals surface area contributed by atoms with Crippen LogP contribution in [0.3, 0.4) is 0 Å². The van der Waals surface area contributed by atoms with Gasteiger partial charge in [-0.3, -0.25) is 4.79 Å². The molecule has 84 valence electrons. The van der Waals surface area contributed by atoms with Gasteiger partial charge in [-0.2, -0.15) is 0 Å². The molecule has 0 spiro atoms. The molecule has 0 aliphatic heterocycles. The number of hydrogen-bond acceptors (Lipinski definition) is 2. The van der Waals surface area contributed by atoms with Crippen LogP contribution in [-0.4, -0.2) is 30.4 Å². The number of rotatable bonds is 8. The van der Waals surface area contributed by atoms with Crippen molar-refractivity contribution in [2.75, 3.05) is 19.6 Å². The molecule has 0 saturated heterocycles. The molecule has 0 aliphatic carbocycles. The maximum atomic E-state index is 11.4. The quantitative estimate of drug-likeness (QED) is 0.607. The van der Waals surface area contributed by atoms with Crippen LogP contribution in [-0.2, 0) is 4.79 Å². The van der Waals surface area contributed by atoms with Crippen LogP contribution in [0.25, 0.3) is 0 Å². The Bertz CT molecular complexity index is 148. The Hall–Kier alpha value is -0.570. The highest BCUT2D eigenvalue weighted by Crippen LogP contribution is 2.01. The lowest BCUT2D eigenvalue weighted by Gasteiger charge is -2.21. The third kappa shape index (κ3) is 5.97. The molecule has 3 heteroatoms. The van der Waals surface area contributed by atoms with Crippen molar-refractivity contribution in [1.29, 1.82) is 0 Å². The van der Waals surface area contributed by atoms with Gasteiger partial charge in [-0.05, 0) is 12.8 Å². The van der Waals surface area contributed by atoms with E-state index in [2.05, 4.69) is 13.8 Å². The van der Waals surface area contributed by atoms with E-state index in [-0.39, 0.29) is 12.5 Å². The van der Waals surface area contributed by atoms with Crippen LogP contribution in [0.4, 0.5) is 0 Å². The van der Waals surface area contributed by atoms with E-state index in [4.69, 9.17) is 5.73 Å². The van der Waals surface area contributed by atoms with E-state index >= 15 is 0 Å². The van der Waals surface area contributed by atoms with Crippen molar-refractivity contribution in [3.63, 3.8) is 0 Å². The molecule has 0 atom stereocenters. The van der Waals surface area contributed by atoms with Gasteiger partial charge in [0.25, 0.3) is 0 Å². The van der Waals surface area contributed by atoms with E-state index in [1.54, 1.807) is 0 Å². The van der Waals surface area contributed by atoms with Gasteiger partial charge in [0.1, 0.15) is 0 Å². The van der Waals surface area contributed by atoms with Crippen molar-refractivity contribution in [2.45, 2.75) is 46.0 Å². The van der Waals surface area contributed by atoms with Gasteiger partial charge in [0, 0.05) is 13.1 Å². The molecule has 0 unspecified atom stereocenters. The van der Waals surface area contributed by atoms with E-state index in [1.807, 2.05) is 4.90 Å². The topological polar surface area (TPSA) is 46.3 Å². The van der Waals surface area contributed by atoms with Gasteiger partial charge in [0.15, 0.2) is 0 Å². The fraction of sp³-hybridized carbons (Fsp3) is 0.909. The van der Waals surface area contributed by atoms with Gasteiger partial charge in [-0.1, -0.05) is 33.1 Å². The van der Waals surface area contributed by atoms with Crippen LogP contribution in [0, 0.1) is 0 Å². The van der Waals surface area contributed by atoms with Crippen molar-refractivity contribution in [3.05, 3.63) is 0 Å². The lowest BCUT2D eigenvalue weighted by Crippen LogP contribution is -2.37. The Kier molecular flexibility index (Phi) is 8.64. The molecule has 0 aromatic carbocycles. The van der Waals surface area contributed by atoms with Crippen molar-refractivity contribution in [3.8, 4) is 0 Å². The molecule has 1 amide bonds. The molecular formula is C11H24N2O. The molecule has 0 heterocycles. The summed E-state index contributed by atoms with van der Waals surface area (Å²) in [6, 6.07) is 0. The molecule has 2 N–H and O–H groups in total. The first-order valence-corrected chi connectivity index (χ1v) is 5.74. The highest BCUT2D eigenvalue weighted by atomic mass is 16.2. The normalized spacial score (nSPS) is 10.2. The molecule has 0 saturated carbocycles. The summed E-state index contributed by atoms with van der Waals surface area (Å²) in [4.78, 5) is 13.3. The number of hydrogen-bond donors (Lipinski definition) is 1. The van der Waals surface area contributed by atoms with E-state index in [0.717, 1.165) is 32.4 Å². The van der Waals surface area contributed by atoms with E-state index in [9.17, 15) is 4.79 Å². The SMILES string of the molecule is CCCCCN(CCCC)C(=O)CN. The van der Waals surface area contributed by atoms with Gasteiger partial charge in [-0.15, -0.1) is 0 Å². The zero-order valence-electron chi connectivity index (χ0n) is 9.59. The Balaban J connectivity index is 3.78. The van der Waals surface area contributed by atoms with Gasteiger partial charge in [-0.25, -0.2) is 0 Å². The van der Waals surface area contributed by atoms with Crippen LogP contribution in [0.2, 0.25) is 0 Å². The van der Waals surface area contributed by atoms with Gasteiger partial charge in [0.2, 0.25) is 5.91 Å². The molecule has 0 aromatic rings. The minimum atomic E-state index is 0.0922. The first-order chi connectivity index (χ1) is 6.76. The van der Waals surface area contributed by atoms with Crippen LogP contribution in [0.15, 0.2) is 0 Å². The Morgan fingerprint density at radius 1 is 1.07 bits per heavy atom. The molecule has 0 fully saturated rings. The predicted octanol–water partition coefficient (Wildman–Crippen LogP) is 1.76. The number of amides is 1. The molecule has 0 rings (SSSR count). The highest BCUT2D eigenvalue weighted by Gasteiger charge is 2.09. The number of nitrogens with two attached hydrogens (primary N) is 1. The number of unbranched alkanes of at least 4 members (excludes halogenated alkanes) is 3. The molecule has 0 radical (unpaired) electrons. The summed E-state index contributed by atoms with van der Waals surface area (Å²) in [6.07, 6.45) is 5.70. The van der Waals surface area contributed by atoms with E-state index in [0.29, 0.717) is 0 Å². The van der Waals surface area contributed by atoms with Crippen molar-refractivity contribution in [2.24, 2.45) is 5.73 Å². The fourth-order valence-corrected chi connectivity index (χ4v) is 1.39. The summed E-state index contributed by atoms with van der Waals surface area (Å²) < 4.78 is 0. The van der Waals surface area contributed by atoms with Crippen LogP contribution in [0.1, 0.15) is 46.0 Å². The van der Waals surface area contributed by atoms with Gasteiger partial charge < -0.3 is 10.6 Å². The van der Waals surface area contributed by atoms with E-state index < -0.39 is 0 Å². The molecule has 0 aliphatic rings. The van der Waals surface area contributed by atoms with Gasteiger partial charge in [0.05, 0.1) is 6.54 Å². The second-order valence-corrected chi connectivity index (χ2v) is 3.65. The van der Waals surface area contributed by atoms with Crippen molar-refractivity contribution >= 4 is 5.91 Å². The Morgan fingerprint density at radius 3 is 2.14 bits per heavy atom. The van der Waals surface area contributed by atoms with Crippen molar-refractivity contribution in [1.82, 2.24) is 4.90 Å². The zero-order chi connectivity index (χ0) is 10.8. The van der Waals surface area contributed by atoms with Gasteiger partial charge >= 0.3 is 0 Å². The predicted molar refractivity (Wildman–Crippen MR) is 60.1 cm³/mol. The van der Waals surface area contributed by atoms with E-state index in [1.165, 1.54) is 12.8 Å². The number of carbonyl (C=O) groups is 1. The summed E-state index contributed by atoms with van der Waals surface area (Å²) in [5, 5.41) is 0. The summed E-state index contributed by atoms with van der Waals surface area (Å²) >= 11 is 0. The average molecular weight is 200 g/mol. The second kappa shape index (κ2) is 9.00. The van der Waals surface area contributed by atoms with Crippen LogP contribution in [0.5, 0.6) is 0 Å². The van der Waals surface area contributed by atoms with Crippen LogP contribution < -0.4 is 5.73 Å². The lowest BCUT2D eigenvalue weighted by atomic mass is 10.2. The monoisotopic (exact) mass is 200 g/mol. The fourth-order valence-electron chi connectivity index (χ4n) is 1.39. The smallest absolute Gasteiger partial charge is 0.236 e. The summed E-state index contributed by atoms with van der Waals surface area (Å²) in [5.74, 6) is 0.0922. The summed E-state index contributed by atoms with van der Waals surface area (Å²) in [5.41, 5.74) is 5.36. The molecule has 3 nitrogen and oxygen atoms in total. The van der Waals surface area contributed by atoms with Crippen molar-refractivity contribution < 1.29 is 4.79 Å². The molecular weight excluding hydrogens is 176 g/mol.